The first-order valence-corrected chi connectivity index (χ1v) is 5.68. The Morgan fingerprint density at radius 1 is 0.850 bits per heavy atom. The Balaban J connectivity index is 5.25. The zero-order chi connectivity index (χ0) is 16.4. The quantitative estimate of drug-likeness (QED) is 0.366. The number of hydrogen-bond acceptors (Lipinski definition) is 3. The normalized spacial score (nSPS) is 16.4. The number of aliphatic hydroxyl groups is 3. The summed E-state index contributed by atoms with van der Waals surface area (Å²) in [5.41, 5.74) is 0. The fraction of sp³-hybridized carbons (Fsp3) is 1.00. The van der Waals surface area contributed by atoms with Crippen molar-refractivity contribution < 1.29 is 46.1 Å². The molecule has 0 saturated heterocycles. The third-order valence-electron chi connectivity index (χ3n) is 2.69. The van der Waals surface area contributed by atoms with Gasteiger partial charge in [-0.15, -0.1) is 0 Å². The highest BCUT2D eigenvalue weighted by Gasteiger charge is 2.80. The molecule has 20 heavy (non-hydrogen) atoms. The van der Waals surface area contributed by atoms with E-state index in [0.29, 0.717) is 6.42 Å². The minimum atomic E-state index is -6.50. The summed E-state index contributed by atoms with van der Waals surface area (Å²) in [6.45, 7) is 1.62. The highest BCUT2D eigenvalue weighted by atomic mass is 19.3. The molecule has 3 nitrogen and oxygen atoms in total. The fourth-order valence-corrected chi connectivity index (χ4v) is 1.37. The summed E-state index contributed by atoms with van der Waals surface area (Å²) in [5, 5.41) is 24.2. The van der Waals surface area contributed by atoms with Crippen LogP contribution in [0.4, 0.5) is 30.7 Å². The van der Waals surface area contributed by atoms with Gasteiger partial charge in [0, 0.05) is 0 Å². The molecule has 0 aliphatic heterocycles. The molecule has 0 fully saturated rings. The Kier molecular flexibility index (Phi) is 5.84. The lowest BCUT2D eigenvalue weighted by molar-refractivity contribution is -0.468. The van der Waals surface area contributed by atoms with E-state index in [0.717, 1.165) is 0 Å². The molecule has 0 aromatic rings. The molecule has 0 amide bonds. The number of hydrogen-bond donors (Lipinski definition) is 3. The second-order valence-corrected chi connectivity index (χ2v) is 4.37. The van der Waals surface area contributed by atoms with Crippen molar-refractivity contribution in [1.29, 1.82) is 0 Å². The molecule has 1 atom stereocenters. The summed E-state index contributed by atoms with van der Waals surface area (Å²) < 4.78 is 91.0. The van der Waals surface area contributed by atoms with Crippen LogP contribution < -0.4 is 0 Å². The third kappa shape index (κ3) is 3.34. The predicted octanol–water partition coefficient (Wildman–Crippen LogP) is 2.44. The number of halogens is 7. The van der Waals surface area contributed by atoms with Gasteiger partial charge in [-0.25, -0.2) is 4.39 Å². The Hall–Kier alpha value is -0.610. The van der Waals surface area contributed by atoms with Crippen LogP contribution in [0.2, 0.25) is 0 Å². The topological polar surface area (TPSA) is 60.7 Å². The van der Waals surface area contributed by atoms with Gasteiger partial charge in [0.25, 0.3) is 0 Å². The fourth-order valence-electron chi connectivity index (χ4n) is 1.37. The van der Waals surface area contributed by atoms with Crippen LogP contribution in [0.15, 0.2) is 0 Å². The molecule has 0 aliphatic rings. The molecule has 3 N–H and O–H groups in total. The minimum absolute atomic E-state index is 0.225. The van der Waals surface area contributed by atoms with E-state index in [1.165, 1.54) is 0 Å². The summed E-state index contributed by atoms with van der Waals surface area (Å²) in [7, 11) is 0. The van der Waals surface area contributed by atoms with Crippen LogP contribution >= 0.6 is 0 Å². The Labute approximate surface area is 110 Å². The van der Waals surface area contributed by atoms with Gasteiger partial charge in [0.2, 0.25) is 0 Å². The van der Waals surface area contributed by atoms with Crippen molar-refractivity contribution in [3.8, 4) is 0 Å². The Morgan fingerprint density at radius 3 is 1.65 bits per heavy atom. The maximum atomic E-state index is 13.1. The van der Waals surface area contributed by atoms with Gasteiger partial charge in [0.15, 0.2) is 6.17 Å². The zero-order valence-electron chi connectivity index (χ0n) is 10.4. The largest absolute Gasteiger partial charge is 0.395 e. The summed E-state index contributed by atoms with van der Waals surface area (Å²) in [6.07, 6.45) is -4.29. The van der Waals surface area contributed by atoms with Crippen LogP contribution in [0, 0.1) is 0 Å². The summed E-state index contributed by atoms with van der Waals surface area (Å²) in [5.74, 6) is -24.2. The molecule has 0 rings (SSSR count). The van der Waals surface area contributed by atoms with Crippen LogP contribution in [0.1, 0.15) is 32.6 Å². The van der Waals surface area contributed by atoms with Gasteiger partial charge in [-0.05, 0) is 6.42 Å². The maximum absolute atomic E-state index is 13.1. The average Bonchev–Trinajstić information content (AvgIpc) is 2.27. The van der Waals surface area contributed by atoms with E-state index in [1.807, 2.05) is 0 Å². The van der Waals surface area contributed by atoms with Crippen molar-refractivity contribution in [2.24, 2.45) is 0 Å². The van der Waals surface area contributed by atoms with Crippen LogP contribution in [-0.4, -0.2) is 45.2 Å². The molecule has 0 heterocycles. The standard InChI is InChI=1S/C10H15F7O3/c1-2-3-4-5-6(11)7(12,13)8(14,15)9(16,17)10(18,19)20/h6,18-20H,2-5H2,1H3. The number of unbranched alkanes of at least 4 members (excludes halogenated alkanes) is 2. The van der Waals surface area contributed by atoms with Gasteiger partial charge in [-0.2, -0.15) is 26.3 Å². The van der Waals surface area contributed by atoms with Crippen LogP contribution in [0.3, 0.4) is 0 Å². The Morgan fingerprint density at radius 2 is 1.30 bits per heavy atom. The van der Waals surface area contributed by atoms with Crippen molar-refractivity contribution >= 4 is 0 Å². The van der Waals surface area contributed by atoms with Gasteiger partial charge in [0.05, 0.1) is 0 Å². The molecule has 0 aromatic heterocycles. The number of rotatable bonds is 8. The van der Waals surface area contributed by atoms with Crippen molar-refractivity contribution in [1.82, 2.24) is 0 Å². The van der Waals surface area contributed by atoms with Crippen LogP contribution in [-0.2, 0) is 0 Å². The molecule has 10 heteroatoms. The summed E-state index contributed by atoms with van der Waals surface area (Å²) in [6, 6.07) is 0. The Bertz CT molecular complexity index is 314. The van der Waals surface area contributed by atoms with Crippen molar-refractivity contribution in [2.75, 3.05) is 0 Å². The van der Waals surface area contributed by atoms with E-state index in [2.05, 4.69) is 0 Å². The second-order valence-electron chi connectivity index (χ2n) is 4.37. The summed E-state index contributed by atoms with van der Waals surface area (Å²) >= 11 is 0. The molecule has 0 bridgehead atoms. The van der Waals surface area contributed by atoms with E-state index in [4.69, 9.17) is 15.3 Å². The van der Waals surface area contributed by atoms with Crippen LogP contribution in [0.5, 0.6) is 0 Å². The lowest BCUT2D eigenvalue weighted by Gasteiger charge is -2.37. The monoisotopic (exact) mass is 316 g/mol. The molecule has 1 unspecified atom stereocenters. The SMILES string of the molecule is CCCCCC(F)C(F)(F)C(F)(F)C(F)(F)C(O)(O)O. The summed E-state index contributed by atoms with van der Waals surface area (Å²) in [4.78, 5) is 0. The molecule has 0 saturated carbocycles. The molecule has 0 spiro atoms. The first-order chi connectivity index (χ1) is 8.73. The van der Waals surface area contributed by atoms with Gasteiger partial charge < -0.3 is 15.3 Å². The predicted molar refractivity (Wildman–Crippen MR) is 53.3 cm³/mol. The molecule has 0 radical (unpaired) electrons. The highest BCUT2D eigenvalue weighted by molar-refractivity contribution is 5.02. The van der Waals surface area contributed by atoms with Gasteiger partial charge in [-0.1, -0.05) is 26.2 Å². The molecular weight excluding hydrogens is 301 g/mol. The van der Waals surface area contributed by atoms with Gasteiger partial charge in [0.1, 0.15) is 0 Å². The van der Waals surface area contributed by atoms with Crippen LogP contribution in [0.25, 0.3) is 0 Å². The lowest BCUT2D eigenvalue weighted by Crippen LogP contribution is -2.67. The van der Waals surface area contributed by atoms with E-state index < -0.39 is 36.3 Å². The highest BCUT2D eigenvalue weighted by Crippen LogP contribution is 2.51. The third-order valence-corrected chi connectivity index (χ3v) is 2.69. The second kappa shape index (κ2) is 6.02. The molecule has 0 aliphatic carbocycles. The molecular formula is C10H15F7O3. The van der Waals surface area contributed by atoms with E-state index in [9.17, 15) is 30.7 Å². The van der Waals surface area contributed by atoms with E-state index in [-0.39, 0.29) is 12.8 Å². The van der Waals surface area contributed by atoms with Gasteiger partial charge in [-0.3, -0.25) is 0 Å². The first kappa shape index (κ1) is 19.4. The van der Waals surface area contributed by atoms with E-state index >= 15 is 0 Å². The first-order valence-electron chi connectivity index (χ1n) is 5.68. The average molecular weight is 316 g/mol. The van der Waals surface area contributed by atoms with E-state index in [1.54, 1.807) is 6.92 Å². The van der Waals surface area contributed by atoms with Gasteiger partial charge >= 0.3 is 23.7 Å². The number of alkyl halides is 7. The lowest BCUT2D eigenvalue weighted by atomic mass is 9.95. The minimum Gasteiger partial charge on any atom is -0.339 e. The zero-order valence-corrected chi connectivity index (χ0v) is 10.4. The molecule has 122 valence electrons. The maximum Gasteiger partial charge on any atom is 0.395 e. The smallest absolute Gasteiger partial charge is 0.339 e. The van der Waals surface area contributed by atoms with Crippen molar-refractivity contribution in [3.05, 3.63) is 0 Å². The van der Waals surface area contributed by atoms with Crippen molar-refractivity contribution in [3.63, 3.8) is 0 Å². The van der Waals surface area contributed by atoms with Crippen molar-refractivity contribution in [2.45, 2.75) is 62.5 Å². The molecule has 0 aromatic carbocycles.